The fourth-order valence-electron chi connectivity index (χ4n) is 2.83. The average Bonchev–Trinajstić information content (AvgIpc) is 2.72. The van der Waals surface area contributed by atoms with E-state index in [1.165, 1.54) is 11.0 Å². The Morgan fingerprint density at radius 3 is 2.94 bits per heavy atom. The fraction of sp³-hybridized carbons (Fsp3) is 0.308. The zero-order valence-electron chi connectivity index (χ0n) is 9.92. The molecule has 0 spiro atoms. The number of benzene rings is 1. The van der Waals surface area contributed by atoms with Gasteiger partial charge in [-0.1, -0.05) is 6.07 Å². The zero-order valence-corrected chi connectivity index (χ0v) is 9.92. The molecule has 0 aromatic heterocycles. The molecule has 18 heavy (non-hydrogen) atoms. The molecule has 0 saturated carbocycles. The highest BCUT2D eigenvalue weighted by Crippen LogP contribution is 2.42. The molecule has 1 aliphatic carbocycles. The van der Waals surface area contributed by atoms with Gasteiger partial charge in [0.25, 0.3) is 5.69 Å². The normalized spacial score (nSPS) is 20.8. The highest BCUT2D eigenvalue weighted by Gasteiger charge is 2.36. The first-order valence-corrected chi connectivity index (χ1v) is 5.84. The van der Waals surface area contributed by atoms with Gasteiger partial charge in [0.05, 0.1) is 16.4 Å². The Morgan fingerprint density at radius 1 is 1.44 bits per heavy atom. The number of carbonyl (C=O) groups excluding carboxylic acids is 1. The number of likely N-dealkylation sites (N-methyl/N-ethyl adjacent to an activating group) is 1. The molecule has 5 nitrogen and oxygen atoms in total. The van der Waals surface area contributed by atoms with E-state index in [-0.39, 0.29) is 22.4 Å². The number of aryl methyl sites for hydroxylation is 1. The van der Waals surface area contributed by atoms with Gasteiger partial charge in [-0.25, -0.2) is 0 Å². The van der Waals surface area contributed by atoms with Crippen molar-refractivity contribution >= 4 is 17.7 Å². The predicted octanol–water partition coefficient (Wildman–Crippen LogP) is 2.07. The van der Waals surface area contributed by atoms with Crippen molar-refractivity contribution in [2.45, 2.75) is 18.8 Å². The van der Waals surface area contributed by atoms with Crippen molar-refractivity contribution in [1.82, 2.24) is 4.90 Å². The van der Waals surface area contributed by atoms with Gasteiger partial charge in [-0.2, -0.15) is 0 Å². The van der Waals surface area contributed by atoms with Crippen LogP contribution in [0.4, 0.5) is 5.69 Å². The van der Waals surface area contributed by atoms with Crippen molar-refractivity contribution < 1.29 is 9.72 Å². The molecule has 1 aliphatic heterocycles. The van der Waals surface area contributed by atoms with Gasteiger partial charge in [0.1, 0.15) is 0 Å². The zero-order chi connectivity index (χ0) is 12.9. The van der Waals surface area contributed by atoms with Crippen LogP contribution in [0.25, 0.3) is 6.08 Å². The summed E-state index contributed by atoms with van der Waals surface area (Å²) in [6.07, 6.45) is 4.86. The molecular weight excluding hydrogens is 232 g/mol. The second kappa shape index (κ2) is 3.66. The number of nitrogens with zero attached hydrogens (tertiary/aromatic N) is 2. The summed E-state index contributed by atoms with van der Waals surface area (Å²) in [6.45, 7) is 0. The molecule has 3 rings (SSSR count). The molecule has 0 saturated heterocycles. The van der Waals surface area contributed by atoms with Gasteiger partial charge in [0.15, 0.2) is 0 Å². The molecular formula is C13H12N2O3. The van der Waals surface area contributed by atoms with Crippen molar-refractivity contribution in [2.24, 2.45) is 0 Å². The summed E-state index contributed by atoms with van der Waals surface area (Å²) in [7, 11) is 1.69. The molecule has 0 N–H and O–H groups in total. The van der Waals surface area contributed by atoms with Gasteiger partial charge in [0, 0.05) is 19.3 Å². The molecule has 1 atom stereocenters. The van der Waals surface area contributed by atoms with E-state index in [0.717, 1.165) is 24.0 Å². The lowest BCUT2D eigenvalue weighted by Crippen LogP contribution is -2.25. The summed E-state index contributed by atoms with van der Waals surface area (Å²) < 4.78 is 0. The first kappa shape index (κ1) is 11.0. The second-order valence-electron chi connectivity index (χ2n) is 4.68. The number of carbonyl (C=O) groups is 1. The third kappa shape index (κ3) is 1.37. The topological polar surface area (TPSA) is 63.4 Å². The minimum atomic E-state index is -0.384. The molecule has 1 unspecified atom stereocenters. The van der Waals surface area contributed by atoms with E-state index in [0.29, 0.717) is 5.56 Å². The van der Waals surface area contributed by atoms with Crippen molar-refractivity contribution in [3.05, 3.63) is 45.1 Å². The third-order valence-electron chi connectivity index (χ3n) is 3.71. The van der Waals surface area contributed by atoms with Gasteiger partial charge < -0.3 is 4.90 Å². The third-order valence-corrected chi connectivity index (χ3v) is 3.71. The van der Waals surface area contributed by atoms with E-state index in [9.17, 15) is 14.9 Å². The Morgan fingerprint density at radius 2 is 2.22 bits per heavy atom. The molecule has 2 aliphatic rings. The maximum Gasteiger partial charge on any atom is 0.276 e. The number of nitro benzene ring substituents is 1. The van der Waals surface area contributed by atoms with Crippen LogP contribution in [-0.2, 0) is 11.2 Å². The Bertz CT molecular complexity index is 592. The first-order valence-electron chi connectivity index (χ1n) is 5.84. The van der Waals surface area contributed by atoms with Crippen molar-refractivity contribution in [3.63, 3.8) is 0 Å². The van der Waals surface area contributed by atoms with Crippen molar-refractivity contribution in [3.8, 4) is 0 Å². The van der Waals surface area contributed by atoms with E-state index in [1.807, 2.05) is 0 Å². The Kier molecular flexibility index (Phi) is 2.23. The Balaban J connectivity index is 2.29. The monoisotopic (exact) mass is 244 g/mol. The average molecular weight is 244 g/mol. The summed E-state index contributed by atoms with van der Waals surface area (Å²) in [5.41, 5.74) is 2.60. The molecule has 0 radical (unpaired) electrons. The molecule has 0 fully saturated rings. The van der Waals surface area contributed by atoms with Crippen LogP contribution in [0.15, 0.2) is 18.3 Å². The van der Waals surface area contributed by atoms with E-state index in [2.05, 4.69) is 0 Å². The lowest BCUT2D eigenvalue weighted by atomic mass is 9.94. The van der Waals surface area contributed by atoms with E-state index in [4.69, 9.17) is 0 Å². The highest BCUT2D eigenvalue weighted by atomic mass is 16.6. The van der Waals surface area contributed by atoms with E-state index in [1.54, 1.807) is 25.4 Å². The molecule has 1 aromatic carbocycles. The number of hydrogen-bond donors (Lipinski definition) is 0. The summed E-state index contributed by atoms with van der Waals surface area (Å²) in [5.74, 6) is -0.209. The predicted molar refractivity (Wildman–Crippen MR) is 66.0 cm³/mol. The number of nitro groups is 1. The largest absolute Gasteiger partial charge is 0.322 e. The maximum absolute atomic E-state index is 12.2. The molecule has 1 amide bonds. The summed E-state index contributed by atoms with van der Waals surface area (Å²) in [4.78, 5) is 24.4. The Hall–Kier alpha value is -2.17. The first-order chi connectivity index (χ1) is 8.59. The molecule has 92 valence electrons. The lowest BCUT2D eigenvalue weighted by molar-refractivity contribution is -0.385. The fourth-order valence-corrected chi connectivity index (χ4v) is 2.83. The number of amides is 1. The minimum absolute atomic E-state index is 0.0178. The molecule has 1 heterocycles. The summed E-state index contributed by atoms with van der Waals surface area (Å²) in [6, 6.07) is 3.32. The van der Waals surface area contributed by atoms with Crippen LogP contribution in [0.1, 0.15) is 29.0 Å². The lowest BCUT2D eigenvalue weighted by Gasteiger charge is -2.15. The number of rotatable bonds is 1. The van der Waals surface area contributed by atoms with Crippen molar-refractivity contribution in [1.29, 1.82) is 0 Å². The highest BCUT2D eigenvalue weighted by molar-refractivity contribution is 5.90. The quantitative estimate of drug-likeness (QED) is 0.561. The summed E-state index contributed by atoms with van der Waals surface area (Å²) >= 11 is 0. The van der Waals surface area contributed by atoms with Crippen LogP contribution in [0.5, 0.6) is 0 Å². The molecule has 5 heteroatoms. The van der Waals surface area contributed by atoms with Gasteiger partial charge in [0.2, 0.25) is 5.91 Å². The van der Waals surface area contributed by atoms with Crippen LogP contribution in [-0.4, -0.2) is 22.8 Å². The van der Waals surface area contributed by atoms with Gasteiger partial charge in [-0.05, 0) is 30.0 Å². The van der Waals surface area contributed by atoms with Crippen molar-refractivity contribution in [2.75, 3.05) is 7.05 Å². The van der Waals surface area contributed by atoms with Crippen LogP contribution >= 0.6 is 0 Å². The van der Waals surface area contributed by atoms with Gasteiger partial charge in [-0.3, -0.25) is 14.9 Å². The maximum atomic E-state index is 12.2. The van der Waals surface area contributed by atoms with Gasteiger partial charge >= 0.3 is 0 Å². The SMILES string of the molecule is CN1C=Cc2c([N+](=O)[O-])ccc3c2C(CC3)C1=O. The smallest absolute Gasteiger partial charge is 0.276 e. The Labute approximate surface area is 104 Å². The van der Waals surface area contributed by atoms with E-state index >= 15 is 0 Å². The molecule has 0 bridgehead atoms. The van der Waals surface area contributed by atoms with Gasteiger partial charge in [-0.15, -0.1) is 0 Å². The summed E-state index contributed by atoms with van der Waals surface area (Å²) in [5, 5.41) is 11.1. The second-order valence-corrected chi connectivity index (χ2v) is 4.68. The molecule has 1 aromatic rings. The van der Waals surface area contributed by atoms with Crippen LogP contribution in [0.2, 0.25) is 0 Å². The standard InChI is InChI=1S/C13H12N2O3/c1-14-7-6-9-11(15(17)18)5-3-8-2-4-10(12(8)9)13(14)16/h3,5-7,10H,2,4H2,1H3. The van der Waals surface area contributed by atoms with E-state index < -0.39 is 0 Å². The minimum Gasteiger partial charge on any atom is -0.322 e. The van der Waals surface area contributed by atoms with Crippen LogP contribution < -0.4 is 0 Å². The number of hydrogen-bond acceptors (Lipinski definition) is 3. The van der Waals surface area contributed by atoms with Crippen LogP contribution in [0.3, 0.4) is 0 Å². The van der Waals surface area contributed by atoms with Crippen LogP contribution in [0, 0.1) is 10.1 Å².